The number of hydrogen-bond acceptors (Lipinski definition) is 4. The summed E-state index contributed by atoms with van der Waals surface area (Å²) in [5.41, 5.74) is 7.08. The smallest absolute Gasteiger partial charge is 0.274 e. The van der Waals surface area contributed by atoms with Gasteiger partial charge in [-0.15, -0.1) is 0 Å². The van der Waals surface area contributed by atoms with Gasteiger partial charge in [-0.05, 0) is 17.7 Å². The molecule has 108 valence electrons. The number of aromatic nitrogens is 2. The van der Waals surface area contributed by atoms with Crippen molar-refractivity contribution in [1.82, 2.24) is 15.1 Å². The molecule has 6 nitrogen and oxygen atoms in total. The number of benzene rings is 1. The molecule has 1 aromatic heterocycles. The first-order chi connectivity index (χ1) is 9.97. The Morgan fingerprint density at radius 3 is 2.76 bits per heavy atom. The lowest BCUT2D eigenvalue weighted by molar-refractivity contribution is 0.0778. The minimum absolute atomic E-state index is 0.183. The number of H-pyrrole nitrogens is 1. The van der Waals surface area contributed by atoms with Gasteiger partial charge in [0.25, 0.3) is 11.5 Å². The zero-order valence-corrected chi connectivity index (χ0v) is 12.2. The van der Waals surface area contributed by atoms with E-state index in [2.05, 4.69) is 10.2 Å². The highest BCUT2D eigenvalue weighted by molar-refractivity contribution is 7.80. The number of nitrogens with two attached hydrogens (primary N) is 1. The van der Waals surface area contributed by atoms with Crippen molar-refractivity contribution in [2.45, 2.75) is 6.54 Å². The van der Waals surface area contributed by atoms with Crippen LogP contribution in [0.2, 0.25) is 0 Å². The molecule has 0 fully saturated rings. The van der Waals surface area contributed by atoms with Crippen molar-refractivity contribution in [2.75, 3.05) is 7.05 Å². The fraction of sp³-hybridized carbons (Fsp3) is 0.143. The second-order valence-corrected chi connectivity index (χ2v) is 4.97. The van der Waals surface area contributed by atoms with Crippen LogP contribution in [-0.4, -0.2) is 33.0 Å². The zero-order valence-electron chi connectivity index (χ0n) is 11.4. The lowest BCUT2D eigenvalue weighted by Crippen LogP contribution is -2.28. The van der Waals surface area contributed by atoms with Gasteiger partial charge >= 0.3 is 0 Å². The highest BCUT2D eigenvalue weighted by atomic mass is 32.1. The highest BCUT2D eigenvalue weighted by Gasteiger charge is 2.14. The summed E-state index contributed by atoms with van der Waals surface area (Å²) in [6.45, 7) is 0.385. The molecule has 0 saturated heterocycles. The van der Waals surface area contributed by atoms with Gasteiger partial charge in [-0.3, -0.25) is 9.59 Å². The van der Waals surface area contributed by atoms with Gasteiger partial charge in [0.15, 0.2) is 0 Å². The Balaban J connectivity index is 2.13. The molecule has 1 amide bonds. The molecule has 0 aliphatic heterocycles. The fourth-order valence-corrected chi connectivity index (χ4v) is 1.95. The second-order valence-electron chi connectivity index (χ2n) is 4.53. The summed E-state index contributed by atoms with van der Waals surface area (Å²) >= 11 is 4.93. The molecule has 0 saturated carbocycles. The lowest BCUT2D eigenvalue weighted by Gasteiger charge is -2.17. The maximum absolute atomic E-state index is 12.2. The first-order valence-electron chi connectivity index (χ1n) is 6.17. The van der Waals surface area contributed by atoms with E-state index in [4.69, 9.17) is 18.0 Å². The van der Waals surface area contributed by atoms with Crippen molar-refractivity contribution >= 4 is 23.1 Å². The van der Waals surface area contributed by atoms with Crippen LogP contribution >= 0.6 is 12.2 Å². The van der Waals surface area contributed by atoms with E-state index in [0.717, 1.165) is 11.1 Å². The van der Waals surface area contributed by atoms with Gasteiger partial charge in [-0.1, -0.05) is 30.4 Å². The van der Waals surface area contributed by atoms with Crippen LogP contribution in [-0.2, 0) is 6.54 Å². The van der Waals surface area contributed by atoms with E-state index in [1.54, 1.807) is 7.05 Å². The zero-order chi connectivity index (χ0) is 15.4. The van der Waals surface area contributed by atoms with Crippen LogP contribution in [0.1, 0.15) is 21.6 Å². The van der Waals surface area contributed by atoms with Gasteiger partial charge in [-0.2, -0.15) is 5.10 Å². The van der Waals surface area contributed by atoms with Crippen molar-refractivity contribution < 1.29 is 4.79 Å². The van der Waals surface area contributed by atoms with E-state index in [-0.39, 0.29) is 17.2 Å². The maximum atomic E-state index is 12.2. The number of thiocarbonyl (C=S) groups is 1. The van der Waals surface area contributed by atoms with E-state index in [0.29, 0.717) is 11.5 Å². The van der Waals surface area contributed by atoms with Crippen molar-refractivity contribution in [1.29, 1.82) is 0 Å². The molecule has 0 radical (unpaired) electrons. The van der Waals surface area contributed by atoms with Gasteiger partial charge in [0.1, 0.15) is 10.7 Å². The lowest BCUT2D eigenvalue weighted by atomic mass is 10.1. The van der Waals surface area contributed by atoms with Crippen LogP contribution in [0.3, 0.4) is 0 Å². The summed E-state index contributed by atoms with van der Waals surface area (Å²) in [5.74, 6) is -0.285. The maximum Gasteiger partial charge on any atom is 0.274 e. The molecule has 0 aliphatic carbocycles. The summed E-state index contributed by atoms with van der Waals surface area (Å²) in [7, 11) is 1.66. The van der Waals surface area contributed by atoms with Crippen LogP contribution in [0.4, 0.5) is 0 Å². The first-order valence-corrected chi connectivity index (χ1v) is 6.58. The molecule has 2 aromatic rings. The largest absolute Gasteiger partial charge is 0.389 e. The minimum atomic E-state index is -0.349. The molecule has 2 rings (SSSR count). The van der Waals surface area contributed by atoms with E-state index < -0.39 is 0 Å². The molecular formula is C14H14N4O2S. The van der Waals surface area contributed by atoms with E-state index >= 15 is 0 Å². The molecule has 1 aromatic carbocycles. The Morgan fingerprint density at radius 1 is 1.38 bits per heavy atom. The predicted molar refractivity (Wildman–Crippen MR) is 83.0 cm³/mol. The summed E-state index contributed by atoms with van der Waals surface area (Å²) < 4.78 is 0. The molecule has 0 spiro atoms. The first kappa shape index (κ1) is 14.9. The van der Waals surface area contributed by atoms with Gasteiger partial charge in [0.2, 0.25) is 0 Å². The number of rotatable bonds is 4. The van der Waals surface area contributed by atoms with E-state index in [9.17, 15) is 9.59 Å². The highest BCUT2D eigenvalue weighted by Crippen LogP contribution is 2.09. The Bertz CT molecular complexity index is 721. The van der Waals surface area contributed by atoms with Gasteiger partial charge < -0.3 is 10.6 Å². The number of carbonyl (C=O) groups is 1. The Kier molecular flexibility index (Phi) is 4.44. The van der Waals surface area contributed by atoms with E-state index in [1.165, 1.54) is 17.0 Å². The topological polar surface area (TPSA) is 92.1 Å². The quantitative estimate of drug-likeness (QED) is 0.810. The average molecular weight is 302 g/mol. The van der Waals surface area contributed by atoms with Gasteiger partial charge in [0.05, 0.1) is 0 Å². The average Bonchev–Trinajstić information content (AvgIpc) is 2.47. The summed E-state index contributed by atoms with van der Waals surface area (Å²) in [6, 6.07) is 10.0. The Morgan fingerprint density at radius 2 is 2.14 bits per heavy atom. The summed E-state index contributed by atoms with van der Waals surface area (Å²) in [4.78, 5) is 24.9. The molecule has 1 heterocycles. The number of nitrogens with zero attached hydrogens (tertiary/aromatic N) is 2. The number of aromatic amines is 1. The number of carbonyl (C=O) groups excluding carboxylic acids is 1. The third kappa shape index (κ3) is 3.73. The number of amides is 1. The Labute approximate surface area is 126 Å². The molecule has 0 unspecified atom stereocenters. The SMILES string of the molecule is CN(Cc1cccc(C(N)=S)c1)C(=O)c1ccc(=O)[nH]n1. The molecule has 21 heavy (non-hydrogen) atoms. The fourth-order valence-electron chi connectivity index (χ4n) is 1.83. The van der Waals surface area contributed by atoms with Crippen molar-refractivity contribution in [3.63, 3.8) is 0 Å². The summed E-state index contributed by atoms with van der Waals surface area (Å²) in [5, 5.41) is 5.95. The Hall–Kier alpha value is -2.54. The molecule has 7 heteroatoms. The second kappa shape index (κ2) is 6.27. The van der Waals surface area contributed by atoms with Crippen LogP contribution in [0, 0.1) is 0 Å². The molecule has 0 bridgehead atoms. The third-order valence-electron chi connectivity index (χ3n) is 2.88. The van der Waals surface area contributed by atoms with Crippen molar-refractivity contribution in [2.24, 2.45) is 5.73 Å². The monoisotopic (exact) mass is 302 g/mol. The normalized spacial score (nSPS) is 10.1. The molecule has 3 N–H and O–H groups in total. The third-order valence-corrected chi connectivity index (χ3v) is 3.11. The minimum Gasteiger partial charge on any atom is -0.389 e. The van der Waals surface area contributed by atoms with Gasteiger partial charge in [-0.25, -0.2) is 5.10 Å². The number of hydrogen-bond donors (Lipinski definition) is 2. The summed E-state index contributed by atoms with van der Waals surface area (Å²) in [6.07, 6.45) is 0. The van der Waals surface area contributed by atoms with Crippen molar-refractivity contribution in [3.8, 4) is 0 Å². The van der Waals surface area contributed by atoms with Crippen LogP contribution in [0.15, 0.2) is 41.2 Å². The van der Waals surface area contributed by atoms with Crippen LogP contribution < -0.4 is 11.3 Å². The molecular weight excluding hydrogens is 288 g/mol. The number of nitrogens with one attached hydrogen (secondary N) is 1. The van der Waals surface area contributed by atoms with Crippen LogP contribution in [0.5, 0.6) is 0 Å². The molecule has 0 aliphatic rings. The van der Waals surface area contributed by atoms with Gasteiger partial charge in [0, 0.05) is 25.2 Å². The van der Waals surface area contributed by atoms with Crippen LogP contribution in [0.25, 0.3) is 0 Å². The van der Waals surface area contributed by atoms with E-state index in [1.807, 2.05) is 24.3 Å². The standard InChI is InChI=1S/C14H14N4O2S/c1-18(14(20)11-5-6-12(19)17-16-11)8-9-3-2-4-10(7-9)13(15)21/h2-7H,8H2,1H3,(H2,15,21)(H,17,19). The molecule has 0 atom stereocenters. The predicted octanol–water partition coefficient (Wildman–Crippen LogP) is 0.676. The van der Waals surface area contributed by atoms with Crippen molar-refractivity contribution in [3.05, 3.63) is 63.6 Å².